The van der Waals surface area contributed by atoms with E-state index in [2.05, 4.69) is 41.3 Å². The summed E-state index contributed by atoms with van der Waals surface area (Å²) in [6.45, 7) is 4.77. The van der Waals surface area contributed by atoms with E-state index in [1.54, 1.807) is 6.20 Å². The van der Waals surface area contributed by atoms with Crippen LogP contribution in [0.3, 0.4) is 0 Å². The van der Waals surface area contributed by atoms with Crippen LogP contribution in [0.15, 0.2) is 71.3 Å². The Morgan fingerprint density at radius 2 is 1.87 bits per heavy atom. The Morgan fingerprint density at radius 3 is 2.58 bits per heavy atom. The third-order valence-corrected chi connectivity index (χ3v) is 5.29. The molecule has 1 amide bonds. The van der Waals surface area contributed by atoms with Crippen LogP contribution in [0.25, 0.3) is 22.7 Å². The lowest BCUT2D eigenvalue weighted by Crippen LogP contribution is -2.28. The molecule has 0 aliphatic carbocycles. The summed E-state index contributed by atoms with van der Waals surface area (Å²) in [7, 11) is 0. The number of nitrogens with one attached hydrogen (secondary N) is 1. The molecule has 4 rings (SSSR count). The second-order valence-electron chi connectivity index (χ2n) is 7.48. The van der Waals surface area contributed by atoms with E-state index < -0.39 is 0 Å². The Hall–Kier alpha value is -3.67. The first-order valence-corrected chi connectivity index (χ1v) is 10.4. The molecule has 0 unspecified atom stereocenters. The zero-order valence-electron chi connectivity index (χ0n) is 17.7. The molecule has 0 saturated heterocycles. The minimum absolute atomic E-state index is 0.0172. The van der Waals surface area contributed by atoms with Gasteiger partial charge in [0.05, 0.1) is 0 Å². The minimum Gasteiger partial charge on any atom is -0.484 e. The third-order valence-electron chi connectivity index (χ3n) is 5.29. The lowest BCUT2D eigenvalue weighted by atomic mass is 9.99. The molecule has 2 aromatic carbocycles. The van der Waals surface area contributed by atoms with Crippen LogP contribution in [0.5, 0.6) is 5.75 Å². The Bertz CT molecular complexity index is 1120. The van der Waals surface area contributed by atoms with Gasteiger partial charge in [-0.1, -0.05) is 38.1 Å². The third kappa shape index (κ3) is 5.09. The number of carbonyl (C=O) groups is 1. The second-order valence-corrected chi connectivity index (χ2v) is 7.48. The van der Waals surface area contributed by atoms with E-state index in [9.17, 15) is 4.79 Å². The van der Waals surface area contributed by atoms with E-state index in [0.29, 0.717) is 35.3 Å². The topological polar surface area (TPSA) is 77.2 Å². The fourth-order valence-corrected chi connectivity index (χ4v) is 3.19. The van der Waals surface area contributed by atoms with Crippen LogP contribution in [0.1, 0.15) is 37.3 Å². The molecule has 0 fully saturated rings. The standard InChI is InChI=1S/C25H25N3O3/c1-3-17(2)19-10-12-21(13-11-19)30-16-23(29)27-15-18-6-8-20(9-7-18)25-28-24-22(31-25)5-4-14-26-24/h4-14,17H,3,15-16H2,1-2H3,(H,27,29)/t17-/m0/s1. The number of aromatic nitrogens is 2. The van der Waals surface area contributed by atoms with E-state index in [4.69, 9.17) is 9.15 Å². The van der Waals surface area contributed by atoms with Gasteiger partial charge in [-0.25, -0.2) is 4.98 Å². The first-order valence-electron chi connectivity index (χ1n) is 10.4. The monoisotopic (exact) mass is 415 g/mol. The van der Waals surface area contributed by atoms with E-state index in [0.717, 1.165) is 17.5 Å². The van der Waals surface area contributed by atoms with E-state index in [1.807, 2.05) is 48.5 Å². The number of oxazole rings is 1. The molecule has 31 heavy (non-hydrogen) atoms. The van der Waals surface area contributed by atoms with Crippen LogP contribution in [0.2, 0.25) is 0 Å². The van der Waals surface area contributed by atoms with E-state index in [1.165, 1.54) is 5.56 Å². The smallest absolute Gasteiger partial charge is 0.258 e. The number of nitrogens with zero attached hydrogens (tertiary/aromatic N) is 2. The molecule has 0 saturated carbocycles. The van der Waals surface area contributed by atoms with Crippen LogP contribution in [0, 0.1) is 0 Å². The molecule has 2 aromatic heterocycles. The van der Waals surface area contributed by atoms with Crippen molar-refractivity contribution in [3.8, 4) is 17.2 Å². The van der Waals surface area contributed by atoms with Crippen molar-refractivity contribution in [3.05, 3.63) is 78.0 Å². The predicted octanol–water partition coefficient (Wildman–Crippen LogP) is 5.10. The summed E-state index contributed by atoms with van der Waals surface area (Å²) in [4.78, 5) is 20.7. The minimum atomic E-state index is -0.167. The van der Waals surface area contributed by atoms with Crippen LogP contribution in [-0.2, 0) is 11.3 Å². The van der Waals surface area contributed by atoms with Crippen molar-refractivity contribution in [2.45, 2.75) is 32.7 Å². The largest absolute Gasteiger partial charge is 0.484 e. The Kier molecular flexibility index (Phi) is 6.26. The summed E-state index contributed by atoms with van der Waals surface area (Å²) < 4.78 is 11.3. The maximum absolute atomic E-state index is 12.1. The van der Waals surface area contributed by atoms with Crippen molar-refractivity contribution in [2.24, 2.45) is 0 Å². The molecule has 158 valence electrons. The molecular formula is C25H25N3O3. The molecular weight excluding hydrogens is 390 g/mol. The lowest BCUT2D eigenvalue weighted by Gasteiger charge is -2.11. The van der Waals surface area contributed by atoms with Crippen molar-refractivity contribution >= 4 is 17.1 Å². The molecule has 2 heterocycles. The van der Waals surface area contributed by atoms with E-state index in [-0.39, 0.29) is 12.5 Å². The predicted molar refractivity (Wildman–Crippen MR) is 120 cm³/mol. The van der Waals surface area contributed by atoms with Crippen molar-refractivity contribution in [2.75, 3.05) is 6.61 Å². The Morgan fingerprint density at radius 1 is 1.10 bits per heavy atom. The van der Waals surface area contributed by atoms with Crippen molar-refractivity contribution < 1.29 is 13.9 Å². The molecule has 6 nitrogen and oxygen atoms in total. The highest BCUT2D eigenvalue weighted by Crippen LogP contribution is 2.23. The van der Waals surface area contributed by atoms with Gasteiger partial charge < -0.3 is 14.5 Å². The van der Waals surface area contributed by atoms with Crippen LogP contribution in [-0.4, -0.2) is 22.5 Å². The summed E-state index contributed by atoms with van der Waals surface area (Å²) in [6, 6.07) is 19.3. The van der Waals surface area contributed by atoms with Gasteiger partial charge in [-0.3, -0.25) is 4.79 Å². The summed E-state index contributed by atoms with van der Waals surface area (Å²) in [5, 5.41) is 2.88. The summed E-state index contributed by atoms with van der Waals surface area (Å²) in [6.07, 6.45) is 2.78. The summed E-state index contributed by atoms with van der Waals surface area (Å²) in [5.74, 6) is 1.57. The number of benzene rings is 2. The molecule has 1 atom stereocenters. The molecule has 0 radical (unpaired) electrons. The van der Waals surface area contributed by atoms with Crippen molar-refractivity contribution in [1.82, 2.24) is 15.3 Å². The molecule has 4 aromatic rings. The SMILES string of the molecule is CC[C@H](C)c1ccc(OCC(=O)NCc2ccc(-c3nc4ncccc4o3)cc2)cc1. The average molecular weight is 415 g/mol. The van der Waals surface area contributed by atoms with Crippen molar-refractivity contribution in [1.29, 1.82) is 0 Å². The number of pyridine rings is 1. The number of ether oxygens (including phenoxy) is 1. The maximum atomic E-state index is 12.1. The molecule has 0 spiro atoms. The van der Waals surface area contributed by atoms with Gasteiger partial charge in [-0.15, -0.1) is 0 Å². The number of fused-ring (bicyclic) bond motifs is 1. The maximum Gasteiger partial charge on any atom is 0.258 e. The second kappa shape index (κ2) is 9.43. The molecule has 1 N–H and O–H groups in total. The average Bonchev–Trinajstić information content (AvgIpc) is 3.26. The highest BCUT2D eigenvalue weighted by atomic mass is 16.5. The quantitative estimate of drug-likeness (QED) is 0.433. The Labute approximate surface area is 181 Å². The number of hydrogen-bond donors (Lipinski definition) is 1. The number of hydrogen-bond acceptors (Lipinski definition) is 5. The normalized spacial score (nSPS) is 11.9. The van der Waals surface area contributed by atoms with Gasteiger partial charge in [-0.05, 0) is 59.9 Å². The van der Waals surface area contributed by atoms with Crippen LogP contribution >= 0.6 is 0 Å². The van der Waals surface area contributed by atoms with Gasteiger partial charge >= 0.3 is 0 Å². The van der Waals surface area contributed by atoms with Gasteiger partial charge in [0, 0.05) is 18.3 Å². The highest BCUT2D eigenvalue weighted by molar-refractivity contribution is 5.77. The first kappa shape index (κ1) is 20.6. The number of amides is 1. The summed E-state index contributed by atoms with van der Waals surface area (Å²) >= 11 is 0. The number of carbonyl (C=O) groups excluding carboxylic acids is 1. The van der Waals surface area contributed by atoms with E-state index >= 15 is 0 Å². The first-order chi connectivity index (χ1) is 15.1. The molecule has 6 heteroatoms. The lowest BCUT2D eigenvalue weighted by molar-refractivity contribution is -0.123. The number of rotatable bonds is 8. The van der Waals surface area contributed by atoms with Gasteiger partial charge in [0.25, 0.3) is 5.91 Å². The van der Waals surface area contributed by atoms with Crippen LogP contribution < -0.4 is 10.1 Å². The van der Waals surface area contributed by atoms with Crippen molar-refractivity contribution in [3.63, 3.8) is 0 Å². The summed E-state index contributed by atoms with van der Waals surface area (Å²) in [5.41, 5.74) is 4.35. The molecule has 0 bridgehead atoms. The Balaban J connectivity index is 1.27. The molecule has 0 aliphatic heterocycles. The highest BCUT2D eigenvalue weighted by Gasteiger charge is 2.09. The molecule has 0 aliphatic rings. The van der Waals surface area contributed by atoms with Gasteiger partial charge in [0.1, 0.15) is 5.75 Å². The van der Waals surface area contributed by atoms with Gasteiger partial charge in [-0.2, -0.15) is 4.98 Å². The van der Waals surface area contributed by atoms with Gasteiger partial charge in [0.2, 0.25) is 5.89 Å². The van der Waals surface area contributed by atoms with Gasteiger partial charge in [0.15, 0.2) is 17.8 Å². The zero-order valence-corrected chi connectivity index (χ0v) is 17.7. The fourth-order valence-electron chi connectivity index (χ4n) is 3.19. The zero-order chi connectivity index (χ0) is 21.6. The fraction of sp³-hybridized carbons (Fsp3) is 0.240. The van der Waals surface area contributed by atoms with Crippen LogP contribution in [0.4, 0.5) is 0 Å².